The van der Waals surface area contributed by atoms with E-state index in [-0.39, 0.29) is 5.91 Å². The maximum Gasteiger partial charge on any atom is 0.274 e. The van der Waals surface area contributed by atoms with Crippen molar-refractivity contribution in [1.29, 1.82) is 0 Å². The number of hydrogen-bond acceptors (Lipinski definition) is 5. The maximum atomic E-state index is 12.5. The molecule has 0 bridgehead atoms. The highest BCUT2D eigenvalue weighted by atomic mass is 16.5. The third kappa shape index (κ3) is 3.97. The molecule has 0 aliphatic heterocycles. The van der Waals surface area contributed by atoms with E-state index in [9.17, 15) is 4.79 Å². The van der Waals surface area contributed by atoms with E-state index in [1.165, 1.54) is 6.33 Å². The van der Waals surface area contributed by atoms with E-state index in [2.05, 4.69) is 20.2 Å². The number of aromatic nitrogens is 2. The molecule has 6 nitrogen and oxygen atoms in total. The molecule has 1 amide bonds. The van der Waals surface area contributed by atoms with E-state index in [0.29, 0.717) is 17.1 Å². The lowest BCUT2D eigenvalue weighted by Crippen LogP contribution is -2.24. The van der Waals surface area contributed by atoms with Gasteiger partial charge in [0.1, 0.15) is 23.6 Å². The molecule has 23 heavy (non-hydrogen) atoms. The van der Waals surface area contributed by atoms with Gasteiger partial charge in [-0.25, -0.2) is 9.97 Å². The summed E-state index contributed by atoms with van der Waals surface area (Å²) < 4.78 is 5.28. The molecular weight excluding hydrogens is 292 g/mol. The third-order valence-electron chi connectivity index (χ3n) is 3.58. The van der Waals surface area contributed by atoms with Crippen LogP contribution in [-0.4, -0.2) is 36.1 Å². The van der Waals surface area contributed by atoms with Crippen LogP contribution in [0.1, 0.15) is 29.9 Å². The third-order valence-corrected chi connectivity index (χ3v) is 3.58. The van der Waals surface area contributed by atoms with Gasteiger partial charge >= 0.3 is 0 Å². The number of nitrogens with one attached hydrogen (secondary N) is 1. The van der Waals surface area contributed by atoms with E-state index < -0.39 is 0 Å². The van der Waals surface area contributed by atoms with Crippen molar-refractivity contribution < 1.29 is 9.53 Å². The van der Waals surface area contributed by atoms with Gasteiger partial charge in [-0.15, -0.1) is 0 Å². The first-order valence-electron chi connectivity index (χ1n) is 7.62. The Hall–Kier alpha value is -2.63. The van der Waals surface area contributed by atoms with Gasteiger partial charge in [0.05, 0.1) is 12.8 Å². The molecule has 1 N–H and O–H groups in total. The van der Waals surface area contributed by atoms with E-state index in [1.807, 2.05) is 39.0 Å². The SMILES string of the molecule is CCN(CC)c1cc(C(=O)Nc2cc(C)ccc2OC)ncn1. The van der Waals surface area contributed by atoms with Crippen LogP contribution in [0.4, 0.5) is 11.5 Å². The van der Waals surface area contributed by atoms with Crippen LogP contribution >= 0.6 is 0 Å². The lowest BCUT2D eigenvalue weighted by Gasteiger charge is -2.19. The molecule has 6 heteroatoms. The molecule has 0 atom stereocenters. The van der Waals surface area contributed by atoms with Gasteiger partial charge in [-0.1, -0.05) is 6.07 Å². The molecule has 1 aromatic carbocycles. The summed E-state index contributed by atoms with van der Waals surface area (Å²) in [6.45, 7) is 7.69. The molecule has 0 spiro atoms. The first-order valence-corrected chi connectivity index (χ1v) is 7.62. The highest BCUT2D eigenvalue weighted by Crippen LogP contribution is 2.25. The van der Waals surface area contributed by atoms with Crippen LogP contribution in [0.3, 0.4) is 0 Å². The highest BCUT2D eigenvalue weighted by molar-refractivity contribution is 6.04. The Morgan fingerprint density at radius 1 is 1.22 bits per heavy atom. The molecule has 0 saturated heterocycles. The summed E-state index contributed by atoms with van der Waals surface area (Å²) in [6, 6.07) is 7.32. The van der Waals surface area contributed by atoms with Crippen molar-refractivity contribution in [2.24, 2.45) is 0 Å². The Labute approximate surface area is 136 Å². The fourth-order valence-electron chi connectivity index (χ4n) is 2.30. The Morgan fingerprint density at radius 2 is 1.96 bits per heavy atom. The molecule has 0 radical (unpaired) electrons. The second kappa shape index (κ2) is 7.58. The molecule has 1 heterocycles. The number of anilines is 2. The minimum absolute atomic E-state index is 0.287. The van der Waals surface area contributed by atoms with Crippen LogP contribution in [0.25, 0.3) is 0 Å². The largest absolute Gasteiger partial charge is 0.495 e. The molecule has 0 fully saturated rings. The van der Waals surface area contributed by atoms with Crippen LogP contribution in [-0.2, 0) is 0 Å². The Bertz CT molecular complexity index is 684. The second-order valence-corrected chi connectivity index (χ2v) is 5.09. The molecule has 1 aromatic heterocycles. The van der Waals surface area contributed by atoms with Crippen molar-refractivity contribution >= 4 is 17.4 Å². The zero-order valence-corrected chi connectivity index (χ0v) is 14.0. The van der Waals surface area contributed by atoms with E-state index >= 15 is 0 Å². The number of rotatable bonds is 6. The number of hydrogen-bond donors (Lipinski definition) is 1. The van der Waals surface area contributed by atoms with Crippen molar-refractivity contribution in [3.63, 3.8) is 0 Å². The summed E-state index contributed by atoms with van der Waals surface area (Å²) in [5, 5.41) is 2.85. The van der Waals surface area contributed by atoms with Gasteiger partial charge in [0.15, 0.2) is 0 Å². The predicted molar refractivity (Wildman–Crippen MR) is 91.3 cm³/mol. The van der Waals surface area contributed by atoms with E-state index in [1.54, 1.807) is 13.2 Å². The number of methoxy groups -OCH3 is 1. The minimum atomic E-state index is -0.287. The topological polar surface area (TPSA) is 67.4 Å². The number of benzene rings is 1. The summed E-state index contributed by atoms with van der Waals surface area (Å²) in [5.74, 6) is 1.07. The number of ether oxygens (including phenoxy) is 1. The molecule has 2 rings (SSSR count). The van der Waals surface area contributed by atoms with Gasteiger partial charge in [0, 0.05) is 19.2 Å². The standard InChI is InChI=1S/C17H22N4O2/c1-5-21(6-2)16-10-14(18-11-19-16)17(22)20-13-9-12(3)7-8-15(13)23-4/h7-11H,5-6H2,1-4H3,(H,20,22). The summed E-state index contributed by atoms with van der Waals surface area (Å²) in [7, 11) is 1.57. The Kier molecular flexibility index (Phi) is 5.51. The number of carbonyl (C=O) groups excluding carboxylic acids is 1. The molecule has 0 unspecified atom stereocenters. The zero-order valence-electron chi connectivity index (χ0n) is 14.0. The Morgan fingerprint density at radius 3 is 2.61 bits per heavy atom. The average Bonchev–Trinajstić information content (AvgIpc) is 2.56. The number of carbonyl (C=O) groups is 1. The minimum Gasteiger partial charge on any atom is -0.495 e. The molecule has 0 saturated carbocycles. The maximum absolute atomic E-state index is 12.5. The molecule has 2 aromatic rings. The fraction of sp³-hybridized carbons (Fsp3) is 0.353. The van der Waals surface area contributed by atoms with Gasteiger partial charge in [0.2, 0.25) is 0 Å². The van der Waals surface area contributed by atoms with Crippen LogP contribution in [0, 0.1) is 6.92 Å². The van der Waals surface area contributed by atoms with Gasteiger partial charge < -0.3 is 15.0 Å². The van der Waals surface area contributed by atoms with Crippen molar-refractivity contribution in [1.82, 2.24) is 9.97 Å². The van der Waals surface area contributed by atoms with Crippen molar-refractivity contribution in [3.8, 4) is 5.75 Å². The number of aryl methyl sites for hydroxylation is 1. The lowest BCUT2D eigenvalue weighted by molar-refractivity contribution is 0.102. The molecule has 0 aliphatic carbocycles. The molecular formula is C17H22N4O2. The van der Waals surface area contributed by atoms with Gasteiger partial charge in [0.25, 0.3) is 5.91 Å². The van der Waals surface area contributed by atoms with Crippen LogP contribution < -0.4 is 15.0 Å². The smallest absolute Gasteiger partial charge is 0.274 e. The van der Waals surface area contributed by atoms with E-state index in [4.69, 9.17) is 4.74 Å². The zero-order chi connectivity index (χ0) is 16.8. The number of amides is 1. The van der Waals surface area contributed by atoms with Crippen LogP contribution in [0.15, 0.2) is 30.6 Å². The highest BCUT2D eigenvalue weighted by Gasteiger charge is 2.13. The van der Waals surface area contributed by atoms with Crippen LogP contribution in [0.5, 0.6) is 5.75 Å². The quantitative estimate of drug-likeness (QED) is 0.888. The average molecular weight is 314 g/mol. The molecule has 0 aliphatic rings. The monoisotopic (exact) mass is 314 g/mol. The van der Waals surface area contributed by atoms with Gasteiger partial charge in [-0.2, -0.15) is 0 Å². The lowest BCUT2D eigenvalue weighted by atomic mass is 10.2. The van der Waals surface area contributed by atoms with E-state index in [0.717, 1.165) is 24.5 Å². The van der Waals surface area contributed by atoms with Crippen molar-refractivity contribution in [3.05, 3.63) is 41.9 Å². The van der Waals surface area contributed by atoms with Gasteiger partial charge in [-0.05, 0) is 38.5 Å². The first kappa shape index (κ1) is 16.7. The van der Waals surface area contributed by atoms with Crippen molar-refractivity contribution in [2.75, 3.05) is 30.4 Å². The molecule has 122 valence electrons. The summed E-state index contributed by atoms with van der Waals surface area (Å²) in [5.41, 5.74) is 1.98. The normalized spacial score (nSPS) is 10.3. The number of nitrogens with zero attached hydrogens (tertiary/aromatic N) is 3. The fourth-order valence-corrected chi connectivity index (χ4v) is 2.30. The first-order chi connectivity index (χ1) is 11.1. The van der Waals surface area contributed by atoms with Crippen molar-refractivity contribution in [2.45, 2.75) is 20.8 Å². The summed E-state index contributed by atoms with van der Waals surface area (Å²) in [4.78, 5) is 22.8. The Balaban J connectivity index is 2.24. The summed E-state index contributed by atoms with van der Waals surface area (Å²) >= 11 is 0. The predicted octanol–water partition coefficient (Wildman–Crippen LogP) is 2.89. The second-order valence-electron chi connectivity index (χ2n) is 5.09. The van der Waals surface area contributed by atoms with Gasteiger partial charge in [-0.3, -0.25) is 4.79 Å². The van der Waals surface area contributed by atoms with Crippen LogP contribution in [0.2, 0.25) is 0 Å². The summed E-state index contributed by atoms with van der Waals surface area (Å²) in [6.07, 6.45) is 1.41.